The summed E-state index contributed by atoms with van der Waals surface area (Å²) >= 11 is 0. The number of aromatic nitrogens is 2. The van der Waals surface area contributed by atoms with E-state index in [2.05, 4.69) is 15.3 Å². The maximum absolute atomic E-state index is 12.4. The number of carbonyl (C=O) groups excluding carboxylic acids is 2. The van der Waals surface area contributed by atoms with Gasteiger partial charge in [-0.15, -0.1) is 0 Å². The number of carboxylic acids is 1. The van der Waals surface area contributed by atoms with Crippen molar-refractivity contribution in [1.82, 2.24) is 9.97 Å². The summed E-state index contributed by atoms with van der Waals surface area (Å²) in [7, 11) is 0. The Bertz CT molecular complexity index is 923. The molecule has 1 fully saturated rings. The van der Waals surface area contributed by atoms with Crippen molar-refractivity contribution in [3.63, 3.8) is 0 Å². The van der Waals surface area contributed by atoms with Gasteiger partial charge in [0, 0.05) is 36.2 Å². The predicted octanol–water partition coefficient (Wildman–Crippen LogP) is 1.73. The molecule has 1 aromatic heterocycles. The number of carbonyl (C=O) groups is 3. The fraction of sp³-hybridized carbons (Fsp3) is 0.278. The maximum Gasteiger partial charge on any atom is 0.356 e. The van der Waals surface area contributed by atoms with E-state index in [1.165, 1.54) is 12.4 Å². The van der Waals surface area contributed by atoms with Gasteiger partial charge in [0.15, 0.2) is 11.4 Å². The van der Waals surface area contributed by atoms with E-state index in [1.54, 1.807) is 6.07 Å². The molecule has 1 aliphatic heterocycles. The van der Waals surface area contributed by atoms with Gasteiger partial charge in [-0.3, -0.25) is 9.59 Å². The molecule has 4 rings (SSSR count). The number of anilines is 2. The van der Waals surface area contributed by atoms with Gasteiger partial charge in [0.1, 0.15) is 0 Å². The van der Waals surface area contributed by atoms with Crippen molar-refractivity contribution in [3.8, 4) is 0 Å². The molecule has 2 aliphatic rings. The number of hydrogen-bond donors (Lipinski definition) is 2. The molecule has 2 N–H and O–H groups in total. The van der Waals surface area contributed by atoms with Crippen LogP contribution in [0.2, 0.25) is 0 Å². The first kappa shape index (κ1) is 16.2. The first-order chi connectivity index (χ1) is 12.5. The minimum atomic E-state index is -1.31. The van der Waals surface area contributed by atoms with Crippen LogP contribution in [-0.4, -0.2) is 39.4 Å². The molecule has 2 heterocycles. The van der Waals surface area contributed by atoms with Gasteiger partial charge in [0.2, 0.25) is 5.91 Å². The molecule has 8 heteroatoms. The molecular formula is C18H16N4O4. The van der Waals surface area contributed by atoms with Crippen LogP contribution < -0.4 is 10.2 Å². The second-order valence-corrected chi connectivity index (χ2v) is 6.37. The summed E-state index contributed by atoms with van der Waals surface area (Å²) in [6.07, 6.45) is 5.14. The van der Waals surface area contributed by atoms with E-state index in [9.17, 15) is 14.4 Å². The molecule has 0 atom stereocenters. The monoisotopic (exact) mass is 352 g/mol. The van der Waals surface area contributed by atoms with Crippen molar-refractivity contribution in [2.45, 2.75) is 19.3 Å². The first-order valence-electron chi connectivity index (χ1n) is 8.34. The molecule has 0 unspecified atom stereocenters. The Kier molecular flexibility index (Phi) is 3.87. The molecule has 1 aromatic carbocycles. The highest BCUT2D eigenvalue weighted by atomic mass is 16.4. The van der Waals surface area contributed by atoms with Gasteiger partial charge in [-0.25, -0.2) is 14.8 Å². The first-order valence-corrected chi connectivity index (χ1v) is 8.34. The second kappa shape index (κ2) is 6.21. The van der Waals surface area contributed by atoms with E-state index >= 15 is 0 Å². The van der Waals surface area contributed by atoms with E-state index in [-0.39, 0.29) is 17.5 Å². The lowest BCUT2D eigenvalue weighted by Crippen LogP contribution is -2.30. The molecule has 132 valence electrons. The Morgan fingerprint density at radius 1 is 1.12 bits per heavy atom. The summed E-state index contributed by atoms with van der Waals surface area (Å²) in [4.78, 5) is 45.2. The Morgan fingerprint density at radius 3 is 2.54 bits per heavy atom. The SMILES string of the molecule is O=C(O)c1nccnc1C(=O)Nc1ccc2c(c1)CCN2C(=O)C1CC1. The van der Waals surface area contributed by atoms with Crippen LogP contribution in [-0.2, 0) is 11.2 Å². The number of aromatic carboxylic acids is 1. The average molecular weight is 352 g/mol. The summed E-state index contributed by atoms with van der Waals surface area (Å²) in [5, 5.41) is 11.8. The van der Waals surface area contributed by atoms with Crippen LogP contribution in [0.1, 0.15) is 39.4 Å². The Morgan fingerprint density at radius 2 is 1.85 bits per heavy atom. The third-order valence-electron chi connectivity index (χ3n) is 4.54. The highest BCUT2D eigenvalue weighted by molar-refractivity contribution is 6.08. The standard InChI is InChI=1S/C18H16N4O4/c23-16(14-15(18(25)26)20-7-6-19-14)21-12-3-4-13-11(9-12)5-8-22(13)17(24)10-1-2-10/h3-4,6-7,9-10H,1-2,5,8H2,(H,21,23)(H,25,26). The topological polar surface area (TPSA) is 112 Å². The minimum Gasteiger partial charge on any atom is -0.476 e. The van der Waals surface area contributed by atoms with Gasteiger partial charge in [0.05, 0.1) is 0 Å². The van der Waals surface area contributed by atoms with Crippen molar-refractivity contribution in [1.29, 1.82) is 0 Å². The normalized spacial score (nSPS) is 15.5. The molecule has 2 aromatic rings. The summed E-state index contributed by atoms with van der Waals surface area (Å²) in [5.41, 5.74) is 1.75. The van der Waals surface area contributed by atoms with Gasteiger partial charge in [-0.2, -0.15) is 0 Å². The van der Waals surface area contributed by atoms with Gasteiger partial charge >= 0.3 is 5.97 Å². The lowest BCUT2D eigenvalue weighted by molar-refractivity contribution is -0.119. The third-order valence-corrected chi connectivity index (χ3v) is 4.54. The molecule has 1 aliphatic carbocycles. The van der Waals surface area contributed by atoms with Crippen LogP contribution in [0.15, 0.2) is 30.6 Å². The molecule has 0 radical (unpaired) electrons. The number of amides is 2. The molecule has 0 saturated heterocycles. The lowest BCUT2D eigenvalue weighted by Gasteiger charge is -2.17. The van der Waals surface area contributed by atoms with Gasteiger partial charge in [-0.1, -0.05) is 0 Å². The number of nitrogens with one attached hydrogen (secondary N) is 1. The van der Waals surface area contributed by atoms with Gasteiger partial charge in [0.25, 0.3) is 5.91 Å². The average Bonchev–Trinajstić information content (AvgIpc) is 3.41. The second-order valence-electron chi connectivity index (χ2n) is 6.37. The summed E-state index contributed by atoms with van der Waals surface area (Å²) < 4.78 is 0. The molecule has 1 saturated carbocycles. The molecule has 26 heavy (non-hydrogen) atoms. The van der Waals surface area contributed by atoms with Gasteiger partial charge in [-0.05, 0) is 43.0 Å². The van der Waals surface area contributed by atoms with Crippen molar-refractivity contribution < 1.29 is 19.5 Å². The Hall–Kier alpha value is -3.29. The molecule has 0 bridgehead atoms. The summed E-state index contributed by atoms with van der Waals surface area (Å²) in [5.74, 6) is -1.62. The largest absolute Gasteiger partial charge is 0.476 e. The van der Waals surface area contributed by atoms with Crippen LogP contribution in [0.3, 0.4) is 0 Å². The quantitative estimate of drug-likeness (QED) is 0.866. The van der Waals surface area contributed by atoms with Crippen LogP contribution in [0.5, 0.6) is 0 Å². The van der Waals surface area contributed by atoms with E-state index in [0.29, 0.717) is 12.2 Å². The predicted molar refractivity (Wildman–Crippen MR) is 92.2 cm³/mol. The van der Waals surface area contributed by atoms with Crippen molar-refractivity contribution in [3.05, 3.63) is 47.5 Å². The summed E-state index contributed by atoms with van der Waals surface area (Å²) in [6, 6.07) is 5.32. The number of hydrogen-bond acceptors (Lipinski definition) is 5. The van der Waals surface area contributed by atoms with E-state index < -0.39 is 17.6 Å². The third kappa shape index (κ3) is 2.90. The highest BCUT2D eigenvalue weighted by Gasteiger charge is 2.36. The van der Waals surface area contributed by atoms with E-state index in [0.717, 1.165) is 30.5 Å². The van der Waals surface area contributed by atoms with Crippen LogP contribution >= 0.6 is 0 Å². The summed E-state index contributed by atoms with van der Waals surface area (Å²) in [6.45, 7) is 0.648. The zero-order valence-corrected chi connectivity index (χ0v) is 13.8. The molecule has 0 spiro atoms. The molecular weight excluding hydrogens is 336 g/mol. The number of carboxylic acid groups (broad SMARTS) is 1. The molecule has 8 nitrogen and oxygen atoms in total. The van der Waals surface area contributed by atoms with Gasteiger partial charge < -0.3 is 15.3 Å². The van der Waals surface area contributed by atoms with Crippen LogP contribution in [0.25, 0.3) is 0 Å². The Balaban J connectivity index is 1.54. The van der Waals surface area contributed by atoms with E-state index in [4.69, 9.17) is 5.11 Å². The number of nitrogens with zero attached hydrogens (tertiary/aromatic N) is 3. The Labute approximate surface area is 148 Å². The van der Waals surface area contributed by atoms with Crippen molar-refractivity contribution in [2.75, 3.05) is 16.8 Å². The zero-order valence-electron chi connectivity index (χ0n) is 13.8. The van der Waals surface area contributed by atoms with Crippen molar-refractivity contribution in [2.24, 2.45) is 5.92 Å². The van der Waals surface area contributed by atoms with E-state index in [1.807, 2.05) is 17.0 Å². The number of fused-ring (bicyclic) bond motifs is 1. The fourth-order valence-corrected chi connectivity index (χ4v) is 3.11. The maximum atomic E-state index is 12.4. The highest BCUT2D eigenvalue weighted by Crippen LogP contribution is 2.37. The zero-order chi connectivity index (χ0) is 18.3. The molecule has 2 amide bonds. The number of benzene rings is 1. The lowest BCUT2D eigenvalue weighted by atomic mass is 10.1. The van der Waals surface area contributed by atoms with Crippen molar-refractivity contribution >= 4 is 29.2 Å². The number of rotatable bonds is 4. The minimum absolute atomic E-state index is 0.159. The fourth-order valence-electron chi connectivity index (χ4n) is 3.11. The van der Waals surface area contributed by atoms with Crippen LogP contribution in [0.4, 0.5) is 11.4 Å². The van der Waals surface area contributed by atoms with Crippen LogP contribution in [0, 0.1) is 5.92 Å². The smallest absolute Gasteiger partial charge is 0.356 e.